The molecule has 4 rings (SSSR count). The number of nitrogens with zero attached hydrogens (tertiary/aromatic N) is 3. The lowest BCUT2D eigenvalue weighted by molar-refractivity contribution is -0.136. The van der Waals surface area contributed by atoms with Crippen molar-refractivity contribution in [2.75, 3.05) is 18.4 Å². The topological polar surface area (TPSA) is 67.2 Å². The van der Waals surface area contributed by atoms with Crippen LogP contribution in [0.15, 0.2) is 91.0 Å². The van der Waals surface area contributed by atoms with Crippen molar-refractivity contribution in [1.82, 2.24) is 14.7 Å². The first-order chi connectivity index (χ1) is 18.0. The molecule has 0 aliphatic heterocycles. The molecule has 0 aliphatic rings. The number of amides is 2. The van der Waals surface area contributed by atoms with Gasteiger partial charge in [-0.15, -0.1) is 0 Å². The molecule has 7 heteroatoms. The van der Waals surface area contributed by atoms with Crippen molar-refractivity contribution in [3.8, 4) is 16.9 Å². The highest BCUT2D eigenvalue weighted by molar-refractivity contribution is 5.95. The molecule has 0 unspecified atom stereocenters. The van der Waals surface area contributed by atoms with Gasteiger partial charge in [0.15, 0.2) is 0 Å². The highest BCUT2D eigenvalue weighted by Crippen LogP contribution is 2.26. The second-order valence-electron chi connectivity index (χ2n) is 8.85. The number of halogens is 1. The zero-order chi connectivity index (χ0) is 26.2. The van der Waals surface area contributed by atoms with Gasteiger partial charge in [-0.25, -0.2) is 9.07 Å². The fourth-order valence-corrected chi connectivity index (χ4v) is 4.35. The lowest BCUT2D eigenvalue weighted by Gasteiger charge is -2.26. The summed E-state index contributed by atoms with van der Waals surface area (Å²) in [5.41, 5.74) is 3.10. The maximum Gasteiger partial charge on any atom is 0.245 e. The number of nitrogens with one attached hydrogen (secondary N) is 1. The SMILES string of the molecule is CCCN(CC(=O)Nc1cc(-c2ccccc2)nn1-c1ccc(F)cc1)C(=O)[C@H](CC)c1ccccc1. The molecule has 0 saturated heterocycles. The molecular weight excluding hydrogens is 467 g/mol. The number of aromatic nitrogens is 2. The summed E-state index contributed by atoms with van der Waals surface area (Å²) in [6.07, 6.45) is 1.37. The zero-order valence-corrected chi connectivity index (χ0v) is 21.1. The Morgan fingerprint density at radius 2 is 1.59 bits per heavy atom. The quantitative estimate of drug-likeness (QED) is 0.289. The lowest BCUT2D eigenvalue weighted by atomic mass is 9.95. The molecule has 0 radical (unpaired) electrons. The Bertz CT molecular complexity index is 1320. The molecule has 3 aromatic carbocycles. The molecule has 0 spiro atoms. The fourth-order valence-electron chi connectivity index (χ4n) is 4.35. The van der Waals surface area contributed by atoms with Crippen LogP contribution in [0.4, 0.5) is 10.2 Å². The molecule has 1 atom stereocenters. The normalized spacial score (nSPS) is 11.6. The first-order valence-corrected chi connectivity index (χ1v) is 12.5. The Morgan fingerprint density at radius 3 is 2.22 bits per heavy atom. The Kier molecular flexibility index (Phi) is 8.46. The summed E-state index contributed by atoms with van der Waals surface area (Å²) in [4.78, 5) is 28.3. The van der Waals surface area contributed by atoms with Crippen LogP contribution in [0.1, 0.15) is 38.2 Å². The van der Waals surface area contributed by atoms with E-state index in [9.17, 15) is 14.0 Å². The minimum atomic E-state index is -0.359. The van der Waals surface area contributed by atoms with Gasteiger partial charge in [0, 0.05) is 18.2 Å². The van der Waals surface area contributed by atoms with Crippen molar-refractivity contribution in [3.63, 3.8) is 0 Å². The van der Waals surface area contributed by atoms with Crippen molar-refractivity contribution in [3.05, 3.63) is 102 Å². The molecule has 0 saturated carbocycles. The van der Waals surface area contributed by atoms with Crippen molar-refractivity contribution in [1.29, 1.82) is 0 Å². The van der Waals surface area contributed by atoms with Gasteiger partial charge in [0.05, 0.1) is 23.8 Å². The average molecular weight is 499 g/mol. The highest BCUT2D eigenvalue weighted by atomic mass is 19.1. The van der Waals surface area contributed by atoms with E-state index in [1.54, 1.807) is 27.8 Å². The van der Waals surface area contributed by atoms with Gasteiger partial charge in [0.25, 0.3) is 0 Å². The molecular formula is C30H31FN4O2. The van der Waals surface area contributed by atoms with Crippen molar-refractivity contribution in [2.24, 2.45) is 0 Å². The van der Waals surface area contributed by atoms with Gasteiger partial charge in [-0.2, -0.15) is 5.10 Å². The first kappa shape index (κ1) is 25.8. The van der Waals surface area contributed by atoms with Gasteiger partial charge in [0.1, 0.15) is 11.6 Å². The van der Waals surface area contributed by atoms with Gasteiger partial charge in [-0.1, -0.05) is 74.5 Å². The monoisotopic (exact) mass is 498 g/mol. The standard InChI is InChI=1S/C30H31FN4O2/c1-3-19-34(30(37)26(4-2)22-11-7-5-8-12-22)21-29(36)32-28-20-27(23-13-9-6-10-14-23)33-35(28)25-17-15-24(31)16-18-25/h5-18,20,26H,3-4,19,21H2,1-2H3,(H,32,36)/t26-/m1/s1. The second kappa shape index (κ2) is 12.1. The number of carbonyl (C=O) groups excluding carboxylic acids is 2. The lowest BCUT2D eigenvalue weighted by Crippen LogP contribution is -2.41. The van der Waals surface area contributed by atoms with Crippen LogP contribution in [0.25, 0.3) is 16.9 Å². The van der Waals surface area contributed by atoms with Crippen LogP contribution in [0.2, 0.25) is 0 Å². The van der Waals surface area contributed by atoms with Gasteiger partial charge < -0.3 is 10.2 Å². The Morgan fingerprint density at radius 1 is 0.946 bits per heavy atom. The summed E-state index contributed by atoms with van der Waals surface area (Å²) in [5, 5.41) is 7.59. The molecule has 1 N–H and O–H groups in total. The third kappa shape index (κ3) is 6.30. The molecule has 2 amide bonds. The van der Waals surface area contributed by atoms with Crippen LogP contribution in [0.3, 0.4) is 0 Å². The molecule has 37 heavy (non-hydrogen) atoms. The molecule has 0 aliphatic carbocycles. The summed E-state index contributed by atoms with van der Waals surface area (Å²) in [6, 6.07) is 26.9. The minimum absolute atomic E-state index is 0.0669. The fraction of sp³-hybridized carbons (Fsp3) is 0.233. The van der Waals surface area contributed by atoms with E-state index in [1.807, 2.05) is 74.5 Å². The van der Waals surface area contributed by atoms with Crippen LogP contribution >= 0.6 is 0 Å². The van der Waals surface area contributed by atoms with Gasteiger partial charge >= 0.3 is 0 Å². The molecule has 0 bridgehead atoms. The number of hydrogen-bond donors (Lipinski definition) is 1. The number of anilines is 1. The van der Waals surface area contributed by atoms with Crippen LogP contribution < -0.4 is 5.32 Å². The number of rotatable bonds is 10. The Labute approximate surface area is 216 Å². The molecule has 0 fully saturated rings. The van der Waals surface area contributed by atoms with E-state index < -0.39 is 0 Å². The van der Waals surface area contributed by atoms with Crippen LogP contribution in [-0.4, -0.2) is 39.6 Å². The van der Waals surface area contributed by atoms with Gasteiger partial charge in [-0.05, 0) is 42.7 Å². The number of benzene rings is 3. The molecule has 190 valence electrons. The van der Waals surface area contributed by atoms with Crippen molar-refractivity contribution >= 4 is 17.6 Å². The van der Waals surface area contributed by atoms with E-state index in [0.29, 0.717) is 30.2 Å². The number of hydrogen-bond acceptors (Lipinski definition) is 3. The summed E-state index contributed by atoms with van der Waals surface area (Å²) >= 11 is 0. The second-order valence-corrected chi connectivity index (χ2v) is 8.85. The first-order valence-electron chi connectivity index (χ1n) is 12.5. The summed E-state index contributed by atoms with van der Waals surface area (Å²) < 4.78 is 15.1. The smallest absolute Gasteiger partial charge is 0.245 e. The predicted molar refractivity (Wildman–Crippen MR) is 144 cm³/mol. The third-order valence-electron chi connectivity index (χ3n) is 6.17. The summed E-state index contributed by atoms with van der Waals surface area (Å²) in [5.74, 6) is -0.623. The number of carbonyl (C=O) groups is 2. The molecule has 4 aromatic rings. The van der Waals surface area contributed by atoms with Gasteiger partial charge in [0.2, 0.25) is 11.8 Å². The molecule has 1 aromatic heterocycles. The van der Waals surface area contributed by atoms with E-state index in [4.69, 9.17) is 0 Å². The maximum absolute atomic E-state index is 13.6. The molecule has 1 heterocycles. The van der Waals surface area contributed by atoms with Crippen molar-refractivity contribution in [2.45, 2.75) is 32.6 Å². The summed E-state index contributed by atoms with van der Waals surface area (Å²) in [6.45, 7) is 4.36. The maximum atomic E-state index is 13.6. The van der Waals surface area contributed by atoms with E-state index in [0.717, 1.165) is 17.5 Å². The van der Waals surface area contributed by atoms with E-state index in [2.05, 4.69) is 10.4 Å². The van der Waals surface area contributed by atoms with Crippen LogP contribution in [0, 0.1) is 5.82 Å². The Balaban J connectivity index is 1.58. The van der Waals surface area contributed by atoms with E-state index >= 15 is 0 Å². The minimum Gasteiger partial charge on any atom is -0.333 e. The summed E-state index contributed by atoms with van der Waals surface area (Å²) in [7, 11) is 0. The molecule has 6 nitrogen and oxygen atoms in total. The highest BCUT2D eigenvalue weighted by Gasteiger charge is 2.26. The average Bonchev–Trinajstić information content (AvgIpc) is 3.34. The van der Waals surface area contributed by atoms with Gasteiger partial charge in [-0.3, -0.25) is 9.59 Å². The Hall–Kier alpha value is -4.26. The van der Waals surface area contributed by atoms with E-state index in [1.165, 1.54) is 12.1 Å². The van der Waals surface area contributed by atoms with Crippen LogP contribution in [0.5, 0.6) is 0 Å². The zero-order valence-electron chi connectivity index (χ0n) is 21.1. The largest absolute Gasteiger partial charge is 0.333 e. The van der Waals surface area contributed by atoms with Crippen LogP contribution in [-0.2, 0) is 9.59 Å². The van der Waals surface area contributed by atoms with E-state index in [-0.39, 0.29) is 30.1 Å². The third-order valence-corrected chi connectivity index (χ3v) is 6.17. The van der Waals surface area contributed by atoms with Crippen molar-refractivity contribution < 1.29 is 14.0 Å². The predicted octanol–water partition coefficient (Wildman–Crippen LogP) is 6.05.